The van der Waals surface area contributed by atoms with Crippen molar-refractivity contribution in [2.24, 2.45) is 11.8 Å². The van der Waals surface area contributed by atoms with E-state index < -0.39 is 5.92 Å². The van der Waals surface area contributed by atoms with Crippen LogP contribution in [0.25, 0.3) is 0 Å². The number of hydrogen-bond acceptors (Lipinski definition) is 4. The molecule has 0 N–H and O–H groups in total. The van der Waals surface area contributed by atoms with Crippen molar-refractivity contribution in [3.05, 3.63) is 0 Å². The summed E-state index contributed by atoms with van der Waals surface area (Å²) < 4.78 is 4.66. The van der Waals surface area contributed by atoms with E-state index in [1.54, 1.807) is 4.90 Å². The quantitative estimate of drug-likeness (QED) is 0.697. The fourth-order valence-electron chi connectivity index (χ4n) is 2.68. The molecule has 114 valence electrons. The van der Waals surface area contributed by atoms with Crippen LogP contribution in [0.15, 0.2) is 0 Å². The molecule has 2 atom stereocenters. The first kappa shape index (κ1) is 16.7. The van der Waals surface area contributed by atoms with Gasteiger partial charge in [0.15, 0.2) is 5.78 Å². The molecule has 0 aromatic heterocycles. The summed E-state index contributed by atoms with van der Waals surface area (Å²) >= 11 is 0. The number of likely N-dealkylation sites (tertiary alicyclic amines) is 1. The largest absolute Gasteiger partial charge is 0.469 e. The number of hydrogen-bond donors (Lipinski definition) is 0. The van der Waals surface area contributed by atoms with Crippen LogP contribution >= 0.6 is 0 Å². The van der Waals surface area contributed by atoms with Gasteiger partial charge < -0.3 is 9.64 Å². The van der Waals surface area contributed by atoms with Crippen molar-refractivity contribution in [1.29, 1.82) is 0 Å². The van der Waals surface area contributed by atoms with E-state index in [1.165, 1.54) is 7.11 Å². The predicted molar refractivity (Wildman–Crippen MR) is 75.0 cm³/mol. The van der Waals surface area contributed by atoms with Gasteiger partial charge >= 0.3 is 5.97 Å². The van der Waals surface area contributed by atoms with Crippen LogP contribution in [0, 0.1) is 11.8 Å². The first-order chi connectivity index (χ1) is 9.42. The van der Waals surface area contributed by atoms with E-state index in [9.17, 15) is 14.4 Å². The molecule has 5 heteroatoms. The summed E-state index contributed by atoms with van der Waals surface area (Å²) in [5.41, 5.74) is 0. The predicted octanol–water partition coefficient (Wildman–Crippen LogP) is 1.79. The third kappa shape index (κ3) is 3.81. The Morgan fingerprint density at radius 2 is 1.95 bits per heavy atom. The molecule has 1 amide bonds. The summed E-state index contributed by atoms with van der Waals surface area (Å²) in [6.45, 7) is 6.26. The minimum atomic E-state index is -0.410. The lowest BCUT2D eigenvalue weighted by molar-refractivity contribution is -0.149. The fraction of sp³-hybridized carbons (Fsp3) is 0.800. The van der Waals surface area contributed by atoms with Crippen LogP contribution in [0.1, 0.15) is 46.5 Å². The third-order valence-corrected chi connectivity index (χ3v) is 3.99. The van der Waals surface area contributed by atoms with Gasteiger partial charge in [0.25, 0.3) is 0 Å². The molecule has 1 heterocycles. The molecule has 0 aromatic carbocycles. The molecule has 1 rings (SSSR count). The van der Waals surface area contributed by atoms with Crippen LogP contribution in [0.5, 0.6) is 0 Å². The number of esters is 1. The Labute approximate surface area is 120 Å². The molecular formula is C15H25NO4. The fourth-order valence-corrected chi connectivity index (χ4v) is 2.68. The molecule has 0 aromatic rings. The van der Waals surface area contributed by atoms with Crippen molar-refractivity contribution in [3.63, 3.8) is 0 Å². The van der Waals surface area contributed by atoms with Crippen molar-refractivity contribution in [2.75, 3.05) is 13.7 Å². The summed E-state index contributed by atoms with van der Waals surface area (Å²) in [5.74, 6) is -0.729. The molecule has 1 aliphatic rings. The van der Waals surface area contributed by atoms with E-state index in [2.05, 4.69) is 4.74 Å². The van der Waals surface area contributed by atoms with Gasteiger partial charge in [-0.1, -0.05) is 20.8 Å². The Morgan fingerprint density at radius 1 is 1.30 bits per heavy atom. The average molecular weight is 283 g/mol. The van der Waals surface area contributed by atoms with E-state index in [-0.39, 0.29) is 36.0 Å². The molecule has 0 spiro atoms. The number of ketones is 1. The first-order valence-corrected chi connectivity index (χ1v) is 7.32. The van der Waals surface area contributed by atoms with Crippen LogP contribution in [0.2, 0.25) is 0 Å². The third-order valence-electron chi connectivity index (χ3n) is 3.99. The number of ether oxygens (including phenoxy) is 1. The van der Waals surface area contributed by atoms with Gasteiger partial charge in [-0.2, -0.15) is 0 Å². The van der Waals surface area contributed by atoms with Crippen LogP contribution in [-0.2, 0) is 19.1 Å². The van der Waals surface area contributed by atoms with E-state index in [0.717, 1.165) is 12.8 Å². The Hall–Kier alpha value is -1.39. The first-order valence-electron chi connectivity index (χ1n) is 7.32. The SMILES string of the molecule is CCC(=O)[C@@H]1CCCN1C(=O)[C@@H](CC(=O)OC)C(C)C. The Bertz CT molecular complexity index is 374. The Kier molecular flexibility index (Phi) is 6.17. The van der Waals surface area contributed by atoms with Crippen molar-refractivity contribution < 1.29 is 19.1 Å². The van der Waals surface area contributed by atoms with E-state index >= 15 is 0 Å². The van der Waals surface area contributed by atoms with Crippen LogP contribution in [-0.4, -0.2) is 42.3 Å². The maximum atomic E-state index is 12.6. The number of nitrogens with zero attached hydrogens (tertiary/aromatic N) is 1. The molecule has 5 nitrogen and oxygen atoms in total. The number of methoxy groups -OCH3 is 1. The van der Waals surface area contributed by atoms with Gasteiger partial charge in [-0.3, -0.25) is 14.4 Å². The van der Waals surface area contributed by atoms with E-state index in [0.29, 0.717) is 13.0 Å². The molecule has 0 radical (unpaired) electrons. The number of carbonyl (C=O) groups excluding carboxylic acids is 3. The summed E-state index contributed by atoms with van der Waals surface area (Å²) in [5, 5.41) is 0. The van der Waals surface area contributed by atoms with E-state index in [4.69, 9.17) is 0 Å². The highest BCUT2D eigenvalue weighted by molar-refractivity contribution is 5.91. The highest BCUT2D eigenvalue weighted by atomic mass is 16.5. The van der Waals surface area contributed by atoms with Gasteiger partial charge in [0.1, 0.15) is 0 Å². The maximum Gasteiger partial charge on any atom is 0.306 e. The smallest absolute Gasteiger partial charge is 0.306 e. The zero-order chi connectivity index (χ0) is 15.3. The zero-order valence-electron chi connectivity index (χ0n) is 12.8. The molecule has 0 bridgehead atoms. The Morgan fingerprint density at radius 3 is 2.45 bits per heavy atom. The van der Waals surface area contributed by atoms with Gasteiger partial charge in [-0.05, 0) is 18.8 Å². The van der Waals surface area contributed by atoms with Crippen molar-refractivity contribution in [1.82, 2.24) is 4.90 Å². The summed E-state index contributed by atoms with van der Waals surface area (Å²) in [6, 6.07) is -0.300. The Balaban J connectivity index is 2.83. The normalized spacial score (nSPS) is 20.1. The number of amides is 1. The number of Topliss-reactive ketones (excluding diaryl/α,β-unsaturated/α-hetero) is 1. The second-order valence-electron chi connectivity index (χ2n) is 5.64. The van der Waals surface area contributed by atoms with Gasteiger partial charge in [0.2, 0.25) is 5.91 Å². The van der Waals surface area contributed by atoms with Crippen molar-refractivity contribution in [3.8, 4) is 0 Å². The van der Waals surface area contributed by atoms with Crippen LogP contribution in [0.3, 0.4) is 0 Å². The maximum absolute atomic E-state index is 12.6. The summed E-state index contributed by atoms with van der Waals surface area (Å²) in [4.78, 5) is 37.7. The highest BCUT2D eigenvalue weighted by Gasteiger charge is 2.37. The molecule has 0 unspecified atom stereocenters. The minimum Gasteiger partial charge on any atom is -0.469 e. The number of rotatable bonds is 6. The second-order valence-corrected chi connectivity index (χ2v) is 5.64. The minimum absolute atomic E-state index is 0.0413. The van der Waals surface area contributed by atoms with Gasteiger partial charge in [0.05, 0.1) is 25.5 Å². The van der Waals surface area contributed by atoms with Crippen molar-refractivity contribution >= 4 is 17.7 Å². The average Bonchev–Trinajstić information content (AvgIpc) is 2.91. The highest BCUT2D eigenvalue weighted by Crippen LogP contribution is 2.26. The molecular weight excluding hydrogens is 258 g/mol. The second kappa shape index (κ2) is 7.41. The lowest BCUT2D eigenvalue weighted by Crippen LogP contribution is -2.45. The van der Waals surface area contributed by atoms with Crippen molar-refractivity contribution in [2.45, 2.75) is 52.5 Å². The van der Waals surface area contributed by atoms with E-state index in [1.807, 2.05) is 20.8 Å². The van der Waals surface area contributed by atoms with Gasteiger partial charge in [-0.25, -0.2) is 0 Å². The van der Waals surface area contributed by atoms with Crippen LogP contribution in [0.4, 0.5) is 0 Å². The molecule has 1 saturated heterocycles. The molecule has 20 heavy (non-hydrogen) atoms. The van der Waals surface area contributed by atoms with Gasteiger partial charge in [-0.15, -0.1) is 0 Å². The standard InChI is InChI=1S/C15H25NO4/c1-5-13(17)12-7-6-8-16(12)15(19)11(10(2)3)9-14(18)20-4/h10-12H,5-9H2,1-4H3/t11-,12-/m0/s1. The zero-order valence-corrected chi connectivity index (χ0v) is 12.8. The molecule has 0 saturated carbocycles. The monoisotopic (exact) mass is 283 g/mol. The number of carbonyl (C=O) groups is 3. The topological polar surface area (TPSA) is 63.7 Å². The lowest BCUT2D eigenvalue weighted by atomic mass is 9.90. The molecule has 0 aliphatic carbocycles. The molecule has 1 fully saturated rings. The van der Waals surface area contributed by atoms with Gasteiger partial charge in [0, 0.05) is 13.0 Å². The lowest BCUT2D eigenvalue weighted by Gasteiger charge is -2.29. The summed E-state index contributed by atoms with van der Waals surface area (Å²) in [7, 11) is 1.32. The summed E-state index contributed by atoms with van der Waals surface area (Å²) in [6.07, 6.45) is 2.11. The van der Waals surface area contributed by atoms with Crippen LogP contribution < -0.4 is 0 Å². The molecule has 1 aliphatic heterocycles.